The maximum atomic E-state index is 6.76. The van der Waals surface area contributed by atoms with Crippen LogP contribution in [0.3, 0.4) is 0 Å². The number of fused-ring (bicyclic) bond motifs is 7. The minimum atomic E-state index is 0.621. The number of rotatable bonds is 7. The first-order valence-corrected chi connectivity index (χ1v) is 19.1. The molecule has 270 valence electrons. The van der Waals surface area contributed by atoms with E-state index in [9.17, 15) is 0 Å². The number of hydrogen-bond donors (Lipinski definition) is 0. The molecule has 0 saturated carbocycles. The van der Waals surface area contributed by atoms with Crippen molar-refractivity contribution in [3.05, 3.63) is 173 Å². The van der Waals surface area contributed by atoms with Crippen LogP contribution in [0.4, 0.5) is 11.4 Å². The lowest BCUT2D eigenvalue weighted by atomic mass is 9.95. The molecule has 0 saturated heterocycles. The van der Waals surface area contributed by atoms with Gasteiger partial charge in [-0.25, -0.2) is 9.97 Å². The summed E-state index contributed by atoms with van der Waals surface area (Å²) in [6, 6.07) is 34.9. The van der Waals surface area contributed by atoms with Gasteiger partial charge in [0.25, 0.3) is 0 Å². The van der Waals surface area contributed by atoms with Crippen molar-refractivity contribution in [2.45, 2.75) is 33.6 Å². The van der Waals surface area contributed by atoms with Crippen molar-refractivity contribution in [3.63, 3.8) is 0 Å². The largest absolute Gasteiger partial charge is 0.254 e. The lowest BCUT2D eigenvalue weighted by molar-refractivity contribution is 1.01. The molecule has 5 heterocycles. The number of nitrogens with zero attached hydrogens (tertiary/aromatic N) is 6. The number of halogens is 1. The second kappa shape index (κ2) is 14.5. The third-order valence-corrected chi connectivity index (χ3v) is 10.7. The van der Waals surface area contributed by atoms with Gasteiger partial charge in [-0.05, 0) is 104 Å². The molecule has 0 bridgehead atoms. The van der Waals surface area contributed by atoms with Crippen molar-refractivity contribution in [1.29, 1.82) is 0 Å². The van der Waals surface area contributed by atoms with Gasteiger partial charge in [0.1, 0.15) is 0 Å². The van der Waals surface area contributed by atoms with E-state index in [4.69, 9.17) is 31.6 Å². The summed E-state index contributed by atoms with van der Waals surface area (Å²) in [5.41, 5.74) is 14.9. The van der Waals surface area contributed by atoms with Crippen LogP contribution in [0, 0.1) is 6.92 Å². The topological polar surface area (TPSA) is 76.3 Å². The van der Waals surface area contributed by atoms with Crippen molar-refractivity contribution >= 4 is 83.6 Å². The monoisotopic (exact) mass is 744 g/mol. The predicted octanol–water partition coefficient (Wildman–Crippen LogP) is 12.9. The average Bonchev–Trinajstić information content (AvgIpc) is 3.23. The van der Waals surface area contributed by atoms with Crippen molar-refractivity contribution in [1.82, 2.24) is 19.9 Å². The van der Waals surface area contributed by atoms with E-state index in [-0.39, 0.29) is 0 Å². The first-order chi connectivity index (χ1) is 27.3. The Morgan fingerprint density at radius 2 is 1.43 bits per heavy atom. The molecule has 9 rings (SSSR count). The molecular weight excluding hydrogens is 708 g/mol. The van der Waals surface area contributed by atoms with E-state index in [0.717, 1.165) is 118 Å². The van der Waals surface area contributed by atoms with E-state index in [1.165, 1.54) is 5.56 Å². The van der Waals surface area contributed by atoms with E-state index >= 15 is 0 Å². The lowest BCUT2D eigenvalue weighted by Gasteiger charge is -2.18. The van der Waals surface area contributed by atoms with Crippen molar-refractivity contribution in [2.24, 2.45) is 9.98 Å². The fraction of sp³-hybridized carbons (Fsp3) is 0.102. The molecule has 0 amide bonds. The average molecular weight is 745 g/mol. The second-order valence-corrected chi connectivity index (χ2v) is 14.7. The van der Waals surface area contributed by atoms with E-state index < -0.39 is 0 Å². The Labute approximate surface area is 330 Å². The number of pyridine rings is 4. The SMILES string of the molecule is C=C(/C=C\C=C(/C)C1=Nc2c(ccc3ccc(-c4cc(Cl)cc(C(C)=Nc5c(C)ccc6cccnc56)c4)nc23)CC1)c1ccc2ccc3cccnc3c2n1. The van der Waals surface area contributed by atoms with Gasteiger partial charge >= 0.3 is 0 Å². The van der Waals surface area contributed by atoms with Gasteiger partial charge in [-0.3, -0.25) is 20.0 Å². The Hall–Kier alpha value is -6.63. The molecule has 1 aliphatic heterocycles. The summed E-state index contributed by atoms with van der Waals surface area (Å²) >= 11 is 6.76. The first kappa shape index (κ1) is 35.1. The van der Waals surface area contributed by atoms with Gasteiger partial charge in [0, 0.05) is 55.9 Å². The molecule has 0 aliphatic carbocycles. The number of benzene rings is 4. The van der Waals surface area contributed by atoms with Gasteiger partial charge in [-0.15, -0.1) is 0 Å². The minimum Gasteiger partial charge on any atom is -0.254 e. The standard InChI is InChI=1S/C49H37ClN6/c1-29(41-21-18-35-15-14-34-11-7-25-52-46(34)47(35)54-41)8-5-9-30(2)42-22-19-36-16-17-37-20-23-43(56-49(37)48(36)55-42)39-26-38(27-40(50)28-39)32(4)53-44-31(3)12-13-33-10-6-24-51-45(33)44/h5-18,20-21,23-28H,1,19,22H2,2-4H3/b8-5-,30-9+,53-32?. The molecule has 0 N–H and O–H groups in total. The summed E-state index contributed by atoms with van der Waals surface area (Å²) in [6.45, 7) is 10.5. The molecule has 1 aliphatic rings. The normalized spacial score (nSPS) is 13.5. The molecule has 56 heavy (non-hydrogen) atoms. The number of aryl methyl sites for hydroxylation is 2. The molecule has 4 aromatic carbocycles. The van der Waals surface area contributed by atoms with Gasteiger partial charge in [-0.2, -0.15) is 0 Å². The fourth-order valence-corrected chi connectivity index (χ4v) is 7.61. The summed E-state index contributed by atoms with van der Waals surface area (Å²) in [7, 11) is 0. The van der Waals surface area contributed by atoms with Gasteiger partial charge < -0.3 is 0 Å². The van der Waals surface area contributed by atoms with Crippen LogP contribution in [-0.4, -0.2) is 31.4 Å². The Bertz CT molecular complexity index is 3040. The highest BCUT2D eigenvalue weighted by molar-refractivity contribution is 6.31. The van der Waals surface area contributed by atoms with E-state index in [1.54, 1.807) is 0 Å². The Balaban J connectivity index is 1.01. The molecule has 0 fully saturated rings. The molecular formula is C49H37ClN6. The second-order valence-electron chi connectivity index (χ2n) is 14.3. The molecule has 0 atom stereocenters. The van der Waals surface area contributed by atoms with Crippen LogP contribution >= 0.6 is 11.6 Å². The Morgan fingerprint density at radius 3 is 2.27 bits per heavy atom. The van der Waals surface area contributed by atoms with Crippen LogP contribution in [0.15, 0.2) is 156 Å². The van der Waals surface area contributed by atoms with Crippen molar-refractivity contribution in [3.8, 4) is 11.3 Å². The third kappa shape index (κ3) is 6.69. The summed E-state index contributed by atoms with van der Waals surface area (Å²) < 4.78 is 0. The third-order valence-electron chi connectivity index (χ3n) is 10.5. The van der Waals surface area contributed by atoms with E-state index in [0.29, 0.717) is 5.02 Å². The molecule has 8 aromatic rings. The minimum absolute atomic E-state index is 0.621. The fourth-order valence-electron chi connectivity index (χ4n) is 7.38. The zero-order valence-electron chi connectivity index (χ0n) is 31.4. The number of aromatic nitrogens is 4. The van der Waals surface area contributed by atoms with Gasteiger partial charge in [0.05, 0.1) is 44.8 Å². The molecule has 0 unspecified atom stereocenters. The zero-order chi connectivity index (χ0) is 38.3. The number of aliphatic imine (C=N–C) groups is 2. The number of allylic oxidation sites excluding steroid dienone is 5. The summed E-state index contributed by atoms with van der Waals surface area (Å²) in [5, 5.41) is 4.84. The van der Waals surface area contributed by atoms with Gasteiger partial charge in [0.2, 0.25) is 0 Å². The highest BCUT2D eigenvalue weighted by Crippen LogP contribution is 2.37. The quantitative estimate of drug-likeness (QED) is 0.0925. The van der Waals surface area contributed by atoms with Gasteiger partial charge in [0.15, 0.2) is 0 Å². The summed E-state index contributed by atoms with van der Waals surface area (Å²) in [4.78, 5) is 29.7. The van der Waals surface area contributed by atoms with Crippen LogP contribution in [-0.2, 0) is 6.42 Å². The van der Waals surface area contributed by atoms with Crippen LogP contribution < -0.4 is 0 Å². The molecule has 7 heteroatoms. The summed E-state index contributed by atoms with van der Waals surface area (Å²) in [6.07, 6.45) is 11.5. The first-order valence-electron chi connectivity index (χ1n) is 18.7. The predicted molar refractivity (Wildman–Crippen MR) is 235 cm³/mol. The Morgan fingerprint density at radius 1 is 0.732 bits per heavy atom. The molecule has 0 spiro atoms. The van der Waals surface area contributed by atoms with Crippen molar-refractivity contribution < 1.29 is 0 Å². The van der Waals surface area contributed by atoms with E-state index in [1.807, 2.05) is 61.8 Å². The maximum absolute atomic E-state index is 6.76. The smallest absolute Gasteiger partial charge is 0.0972 e. The molecule has 6 nitrogen and oxygen atoms in total. The van der Waals surface area contributed by atoms with Crippen molar-refractivity contribution in [2.75, 3.05) is 0 Å². The maximum Gasteiger partial charge on any atom is 0.0972 e. The highest BCUT2D eigenvalue weighted by atomic mass is 35.5. The highest BCUT2D eigenvalue weighted by Gasteiger charge is 2.18. The zero-order valence-corrected chi connectivity index (χ0v) is 32.1. The number of hydrogen-bond acceptors (Lipinski definition) is 6. The molecule has 0 radical (unpaired) electrons. The van der Waals surface area contributed by atoms with E-state index in [2.05, 4.69) is 109 Å². The lowest BCUT2D eigenvalue weighted by Crippen LogP contribution is -2.08. The summed E-state index contributed by atoms with van der Waals surface area (Å²) in [5.74, 6) is 0. The van der Waals surface area contributed by atoms with Crippen LogP contribution in [0.25, 0.3) is 60.4 Å². The van der Waals surface area contributed by atoms with Crippen LogP contribution in [0.5, 0.6) is 0 Å². The molecule has 4 aromatic heterocycles. The van der Waals surface area contributed by atoms with Crippen LogP contribution in [0.2, 0.25) is 5.02 Å². The van der Waals surface area contributed by atoms with Gasteiger partial charge in [-0.1, -0.05) is 97.1 Å². The van der Waals surface area contributed by atoms with Crippen LogP contribution in [0.1, 0.15) is 42.7 Å². The Kier molecular flexibility index (Phi) is 9.12.